The summed E-state index contributed by atoms with van der Waals surface area (Å²) in [5, 5.41) is 23.0. The number of aliphatic hydroxyl groups is 1. The zero-order chi connectivity index (χ0) is 31.7. The highest BCUT2D eigenvalue weighted by atomic mass is 32.2. The molecule has 1 aromatic heterocycles. The Morgan fingerprint density at radius 1 is 0.848 bits per heavy atom. The second-order valence-corrected chi connectivity index (χ2v) is 12.2. The third kappa shape index (κ3) is 7.83. The van der Waals surface area contributed by atoms with Crippen LogP contribution in [0.4, 0.5) is 4.79 Å². The molecule has 4 atom stereocenters. The minimum Gasteiger partial charge on any atom is -0.392 e. The van der Waals surface area contributed by atoms with Gasteiger partial charge in [-0.3, -0.25) is 5.10 Å². The molecule has 2 amide bonds. The molecule has 0 spiro atoms. The van der Waals surface area contributed by atoms with Crippen molar-refractivity contribution in [1.82, 2.24) is 25.8 Å². The first-order valence-electron chi connectivity index (χ1n) is 15.3. The Bertz CT molecular complexity index is 1680. The lowest BCUT2D eigenvalue weighted by Gasteiger charge is -2.41. The van der Waals surface area contributed by atoms with Crippen molar-refractivity contribution in [3.8, 4) is 11.1 Å². The third-order valence-electron chi connectivity index (χ3n) is 8.15. The number of aliphatic hydroxyl groups excluding tert-OH is 1. The van der Waals surface area contributed by atoms with E-state index in [4.69, 9.17) is 9.47 Å². The summed E-state index contributed by atoms with van der Waals surface area (Å²) in [7, 11) is 0. The average Bonchev–Trinajstić information content (AvgIpc) is 3.64. The van der Waals surface area contributed by atoms with Gasteiger partial charge in [-0.25, -0.2) is 9.78 Å². The molecule has 1 aliphatic rings. The van der Waals surface area contributed by atoms with Crippen LogP contribution >= 0.6 is 11.8 Å². The molecule has 1 saturated heterocycles. The van der Waals surface area contributed by atoms with E-state index in [1.807, 2.05) is 84.9 Å². The Balaban J connectivity index is 1.16. The van der Waals surface area contributed by atoms with Crippen LogP contribution in [0.5, 0.6) is 0 Å². The lowest BCUT2D eigenvalue weighted by Crippen LogP contribution is -2.38. The van der Waals surface area contributed by atoms with E-state index in [1.54, 1.807) is 11.8 Å². The molecule has 236 valence electrons. The molecule has 46 heavy (non-hydrogen) atoms. The monoisotopic (exact) mass is 635 g/mol. The number of ether oxygens (including phenoxy) is 2. The fourth-order valence-corrected chi connectivity index (χ4v) is 6.47. The van der Waals surface area contributed by atoms with E-state index in [1.165, 1.54) is 6.33 Å². The van der Waals surface area contributed by atoms with Gasteiger partial charge in [-0.2, -0.15) is 5.10 Å². The molecule has 10 heteroatoms. The van der Waals surface area contributed by atoms with E-state index in [0.29, 0.717) is 18.8 Å². The van der Waals surface area contributed by atoms with E-state index in [2.05, 4.69) is 50.9 Å². The van der Waals surface area contributed by atoms with Gasteiger partial charge < -0.3 is 25.2 Å². The molecule has 0 saturated carbocycles. The standard InChI is InChI=1S/C36H37N5O4S/c1-24-32(22-46-36-39-23-40-41-36)44-34(45-33(24)28-13-11-26(21-42)12-14-28)29-17-15-27(16-18-29)31-10-6-5-9-30(31)20-38-35(43)37-19-25-7-3-2-4-8-25/h2-18,23-24,32-34,42H,19-22H2,1H3,(H2,37,38,43)(H,39,40,41)/t24-,32+,33+,34+/m1/s1. The number of carbonyl (C=O) groups excluding carboxylic acids is 1. The molecular formula is C36H37N5O4S. The van der Waals surface area contributed by atoms with Gasteiger partial charge >= 0.3 is 6.03 Å². The maximum atomic E-state index is 12.5. The summed E-state index contributed by atoms with van der Waals surface area (Å²) in [4.78, 5) is 16.8. The van der Waals surface area contributed by atoms with Crippen molar-refractivity contribution in [2.24, 2.45) is 5.92 Å². The first-order chi connectivity index (χ1) is 22.6. The van der Waals surface area contributed by atoms with Crippen molar-refractivity contribution in [3.05, 3.63) is 137 Å². The lowest BCUT2D eigenvalue weighted by molar-refractivity contribution is -0.268. The van der Waals surface area contributed by atoms with Gasteiger partial charge in [-0.1, -0.05) is 122 Å². The SMILES string of the molecule is C[C@@H]1[C@H](CSc2ncn[nH]2)O[C@H](c2ccc(-c3ccccc3CNC(=O)NCc3ccccc3)cc2)O[C@@H]1c1ccc(CO)cc1. The average molecular weight is 636 g/mol. The number of aromatic amines is 1. The summed E-state index contributed by atoms with van der Waals surface area (Å²) in [6.45, 7) is 3.00. The summed E-state index contributed by atoms with van der Waals surface area (Å²) in [5.41, 5.74) is 6.95. The van der Waals surface area contributed by atoms with Crippen molar-refractivity contribution in [3.63, 3.8) is 0 Å². The fourth-order valence-electron chi connectivity index (χ4n) is 5.53. The normalized spacial score (nSPS) is 19.4. The van der Waals surface area contributed by atoms with E-state index in [9.17, 15) is 9.90 Å². The number of urea groups is 1. The number of rotatable bonds is 11. The highest BCUT2D eigenvalue weighted by Gasteiger charge is 2.38. The first kappa shape index (κ1) is 31.5. The number of nitrogens with one attached hydrogen (secondary N) is 3. The highest BCUT2D eigenvalue weighted by molar-refractivity contribution is 7.99. The molecule has 9 nitrogen and oxygen atoms in total. The van der Waals surface area contributed by atoms with Gasteiger partial charge in [-0.15, -0.1) is 0 Å². The minimum atomic E-state index is -0.571. The quantitative estimate of drug-likeness (QED) is 0.122. The molecule has 0 radical (unpaired) electrons. The number of aromatic nitrogens is 3. The minimum absolute atomic E-state index is 0.00344. The predicted molar refractivity (Wildman–Crippen MR) is 177 cm³/mol. The molecule has 4 N–H and O–H groups in total. The summed E-state index contributed by atoms with van der Waals surface area (Å²) in [6.07, 6.45) is 0.613. The van der Waals surface area contributed by atoms with Crippen LogP contribution in [0.15, 0.2) is 115 Å². The largest absolute Gasteiger partial charge is 0.392 e. The number of benzene rings is 4. The Hall–Kier alpha value is -4.48. The Labute approximate surface area is 272 Å². The van der Waals surface area contributed by atoms with Gasteiger partial charge in [0.15, 0.2) is 11.4 Å². The van der Waals surface area contributed by atoms with Crippen molar-refractivity contribution in [2.45, 2.75) is 50.3 Å². The Morgan fingerprint density at radius 3 is 2.30 bits per heavy atom. The van der Waals surface area contributed by atoms with E-state index in [0.717, 1.165) is 44.1 Å². The molecule has 5 aromatic rings. The molecule has 6 rings (SSSR count). The summed E-state index contributed by atoms with van der Waals surface area (Å²) in [5.74, 6) is 0.744. The van der Waals surface area contributed by atoms with Crippen LogP contribution in [0, 0.1) is 5.92 Å². The topological polar surface area (TPSA) is 121 Å². The molecule has 1 fully saturated rings. The molecule has 4 aromatic carbocycles. The van der Waals surface area contributed by atoms with Crippen LogP contribution in [-0.4, -0.2) is 38.2 Å². The smallest absolute Gasteiger partial charge is 0.315 e. The zero-order valence-corrected chi connectivity index (χ0v) is 26.3. The highest BCUT2D eigenvalue weighted by Crippen LogP contribution is 2.43. The maximum Gasteiger partial charge on any atom is 0.315 e. The van der Waals surface area contributed by atoms with Gasteiger partial charge in [0.25, 0.3) is 0 Å². The number of amides is 2. The molecule has 0 aliphatic carbocycles. The number of thioether (sulfide) groups is 1. The Kier molecular flexibility index (Phi) is 10.4. The van der Waals surface area contributed by atoms with Crippen LogP contribution in [0.1, 0.15) is 47.1 Å². The van der Waals surface area contributed by atoms with Gasteiger partial charge in [0.2, 0.25) is 0 Å². The second-order valence-electron chi connectivity index (χ2n) is 11.2. The van der Waals surface area contributed by atoms with E-state index < -0.39 is 6.29 Å². The van der Waals surface area contributed by atoms with Gasteiger partial charge in [0.1, 0.15) is 6.33 Å². The molecular weight excluding hydrogens is 598 g/mol. The molecule has 2 heterocycles. The van der Waals surface area contributed by atoms with Crippen molar-refractivity contribution in [2.75, 3.05) is 5.75 Å². The van der Waals surface area contributed by atoms with Crippen molar-refractivity contribution in [1.29, 1.82) is 0 Å². The van der Waals surface area contributed by atoms with Crippen molar-refractivity contribution >= 4 is 17.8 Å². The maximum absolute atomic E-state index is 12.5. The van der Waals surface area contributed by atoms with Crippen LogP contribution in [0.3, 0.4) is 0 Å². The molecule has 0 bridgehead atoms. The van der Waals surface area contributed by atoms with E-state index >= 15 is 0 Å². The van der Waals surface area contributed by atoms with Gasteiger partial charge in [0, 0.05) is 30.3 Å². The number of nitrogens with zero attached hydrogens (tertiary/aromatic N) is 2. The van der Waals surface area contributed by atoms with Gasteiger partial charge in [0.05, 0.1) is 18.8 Å². The fraction of sp³-hybridized carbons (Fsp3) is 0.250. The summed E-state index contributed by atoms with van der Waals surface area (Å²) >= 11 is 1.57. The number of hydrogen-bond acceptors (Lipinski definition) is 7. The number of hydrogen-bond donors (Lipinski definition) is 4. The van der Waals surface area contributed by atoms with E-state index in [-0.39, 0.29) is 30.8 Å². The van der Waals surface area contributed by atoms with Crippen LogP contribution < -0.4 is 10.6 Å². The molecule has 0 unspecified atom stereocenters. The van der Waals surface area contributed by atoms with Crippen LogP contribution in [-0.2, 0) is 29.2 Å². The Morgan fingerprint density at radius 2 is 1.57 bits per heavy atom. The number of H-pyrrole nitrogens is 1. The van der Waals surface area contributed by atoms with Crippen LogP contribution in [0.2, 0.25) is 0 Å². The lowest BCUT2D eigenvalue weighted by atomic mass is 9.91. The van der Waals surface area contributed by atoms with Crippen molar-refractivity contribution < 1.29 is 19.4 Å². The molecule has 1 aliphatic heterocycles. The number of carbonyl (C=O) groups is 1. The summed E-state index contributed by atoms with van der Waals surface area (Å²) < 4.78 is 13.2. The second kappa shape index (κ2) is 15.2. The zero-order valence-electron chi connectivity index (χ0n) is 25.5. The van der Waals surface area contributed by atoms with Crippen LogP contribution in [0.25, 0.3) is 11.1 Å². The first-order valence-corrected chi connectivity index (χ1v) is 16.3. The summed E-state index contributed by atoms with van der Waals surface area (Å²) in [6, 6.07) is 33.8. The third-order valence-corrected chi connectivity index (χ3v) is 9.11. The predicted octanol–water partition coefficient (Wildman–Crippen LogP) is 6.55. The van der Waals surface area contributed by atoms with Gasteiger partial charge in [-0.05, 0) is 33.4 Å².